The Morgan fingerprint density at radius 2 is 2.17 bits per heavy atom. The topological polar surface area (TPSA) is 55.2 Å². The van der Waals surface area contributed by atoms with Gasteiger partial charge in [0.25, 0.3) is 0 Å². The molecule has 2 aromatic rings. The van der Waals surface area contributed by atoms with E-state index in [2.05, 4.69) is 9.59 Å². The third-order valence-electron chi connectivity index (χ3n) is 2.84. The zero-order chi connectivity index (χ0) is 13.1. The van der Waals surface area contributed by atoms with Crippen LogP contribution in [0.15, 0.2) is 18.2 Å². The number of aryl methyl sites for hydroxylation is 2. The smallest absolute Gasteiger partial charge is 0.122 e. The van der Waals surface area contributed by atoms with E-state index in [0.29, 0.717) is 6.42 Å². The molecule has 0 radical (unpaired) electrons. The van der Waals surface area contributed by atoms with Crippen molar-refractivity contribution in [1.29, 1.82) is 0 Å². The first-order valence-electron chi connectivity index (χ1n) is 5.72. The van der Waals surface area contributed by atoms with Gasteiger partial charge in [-0.15, -0.1) is 5.10 Å². The number of nitrogens with zero attached hydrogens (tertiary/aromatic N) is 2. The van der Waals surface area contributed by atoms with Gasteiger partial charge in [-0.1, -0.05) is 22.2 Å². The van der Waals surface area contributed by atoms with E-state index in [0.717, 1.165) is 27.4 Å². The number of aromatic nitrogens is 2. The Morgan fingerprint density at radius 1 is 1.39 bits per heavy atom. The maximum atomic E-state index is 10.2. The number of methoxy groups -OCH3 is 1. The van der Waals surface area contributed by atoms with Crippen LogP contribution in [0.2, 0.25) is 0 Å². The maximum absolute atomic E-state index is 10.2. The number of ether oxygens (including phenoxy) is 1. The molecule has 5 heteroatoms. The number of rotatable bonds is 4. The van der Waals surface area contributed by atoms with E-state index in [1.807, 2.05) is 32.0 Å². The van der Waals surface area contributed by atoms with Crippen molar-refractivity contribution in [3.05, 3.63) is 39.9 Å². The summed E-state index contributed by atoms with van der Waals surface area (Å²) in [7, 11) is 1.64. The summed E-state index contributed by atoms with van der Waals surface area (Å²) in [5.74, 6) is 0.801. The van der Waals surface area contributed by atoms with Crippen molar-refractivity contribution >= 4 is 11.5 Å². The van der Waals surface area contributed by atoms with Crippen molar-refractivity contribution < 1.29 is 9.84 Å². The molecule has 0 bridgehead atoms. The second kappa shape index (κ2) is 5.46. The molecule has 1 N–H and O–H groups in total. The lowest BCUT2D eigenvalue weighted by Crippen LogP contribution is -2.03. The molecule has 0 aliphatic heterocycles. The van der Waals surface area contributed by atoms with Crippen LogP contribution in [-0.2, 0) is 6.42 Å². The first kappa shape index (κ1) is 13.0. The third-order valence-corrected chi connectivity index (χ3v) is 3.77. The number of aliphatic hydroxyl groups is 1. The minimum atomic E-state index is -0.583. The lowest BCUT2D eigenvalue weighted by Gasteiger charge is -2.13. The zero-order valence-electron chi connectivity index (χ0n) is 10.7. The van der Waals surface area contributed by atoms with Crippen LogP contribution < -0.4 is 4.74 Å². The van der Waals surface area contributed by atoms with Gasteiger partial charge in [-0.3, -0.25) is 0 Å². The van der Waals surface area contributed by atoms with Crippen molar-refractivity contribution in [2.45, 2.75) is 26.4 Å². The SMILES string of the molecule is COc1ccc(C)cc1CC(O)c1snnc1C. The molecule has 1 unspecified atom stereocenters. The Balaban J connectivity index is 2.23. The monoisotopic (exact) mass is 264 g/mol. The highest BCUT2D eigenvalue weighted by molar-refractivity contribution is 7.05. The number of benzene rings is 1. The van der Waals surface area contributed by atoms with Gasteiger partial charge >= 0.3 is 0 Å². The molecule has 0 saturated carbocycles. The van der Waals surface area contributed by atoms with Crippen LogP contribution in [0.3, 0.4) is 0 Å². The fourth-order valence-corrected chi connectivity index (χ4v) is 2.54. The van der Waals surface area contributed by atoms with Crippen LogP contribution in [0.1, 0.15) is 27.8 Å². The average molecular weight is 264 g/mol. The lowest BCUT2D eigenvalue weighted by atomic mass is 10.0. The van der Waals surface area contributed by atoms with Crippen LogP contribution in [0.4, 0.5) is 0 Å². The normalized spacial score (nSPS) is 12.4. The van der Waals surface area contributed by atoms with E-state index in [4.69, 9.17) is 4.74 Å². The number of hydrogen-bond acceptors (Lipinski definition) is 5. The predicted octanol–water partition coefficient (Wildman–Crippen LogP) is 2.44. The first-order chi connectivity index (χ1) is 8.61. The lowest BCUT2D eigenvalue weighted by molar-refractivity contribution is 0.180. The van der Waals surface area contributed by atoms with E-state index >= 15 is 0 Å². The first-order valence-corrected chi connectivity index (χ1v) is 6.49. The molecule has 18 heavy (non-hydrogen) atoms. The molecule has 0 fully saturated rings. The van der Waals surface area contributed by atoms with Gasteiger partial charge < -0.3 is 9.84 Å². The van der Waals surface area contributed by atoms with Crippen LogP contribution in [0.25, 0.3) is 0 Å². The third kappa shape index (κ3) is 2.68. The summed E-state index contributed by atoms with van der Waals surface area (Å²) in [5.41, 5.74) is 2.94. The molecule has 1 atom stereocenters. The molecule has 1 heterocycles. The van der Waals surface area contributed by atoms with Gasteiger partial charge in [0.05, 0.1) is 23.8 Å². The molecule has 2 rings (SSSR count). The minimum Gasteiger partial charge on any atom is -0.496 e. The fourth-order valence-electron chi connectivity index (χ4n) is 1.91. The van der Waals surface area contributed by atoms with Crippen molar-refractivity contribution in [3.8, 4) is 5.75 Å². The standard InChI is InChI=1S/C13H16N2O2S/c1-8-4-5-12(17-3)10(6-8)7-11(16)13-9(2)14-15-18-13/h4-6,11,16H,7H2,1-3H3. The number of aliphatic hydroxyl groups excluding tert-OH is 1. The van der Waals surface area contributed by atoms with Crippen molar-refractivity contribution in [3.63, 3.8) is 0 Å². The highest BCUT2D eigenvalue weighted by Gasteiger charge is 2.17. The fraction of sp³-hybridized carbons (Fsp3) is 0.385. The molecule has 0 amide bonds. The zero-order valence-corrected chi connectivity index (χ0v) is 11.5. The second-order valence-corrected chi connectivity index (χ2v) is 5.04. The van der Waals surface area contributed by atoms with E-state index in [9.17, 15) is 5.11 Å². The van der Waals surface area contributed by atoms with Crippen molar-refractivity contribution in [1.82, 2.24) is 9.59 Å². The largest absolute Gasteiger partial charge is 0.496 e. The van der Waals surface area contributed by atoms with Gasteiger partial charge in [0, 0.05) is 6.42 Å². The van der Waals surface area contributed by atoms with Crippen LogP contribution in [0.5, 0.6) is 5.75 Å². The van der Waals surface area contributed by atoms with E-state index < -0.39 is 6.10 Å². The van der Waals surface area contributed by atoms with Gasteiger partial charge in [0.2, 0.25) is 0 Å². The molecule has 1 aromatic heterocycles. The maximum Gasteiger partial charge on any atom is 0.122 e. The Kier molecular flexibility index (Phi) is 3.93. The van der Waals surface area contributed by atoms with Crippen LogP contribution >= 0.6 is 11.5 Å². The average Bonchev–Trinajstić information content (AvgIpc) is 2.76. The van der Waals surface area contributed by atoms with Gasteiger partial charge in [-0.05, 0) is 37.0 Å². The highest BCUT2D eigenvalue weighted by Crippen LogP contribution is 2.28. The molecule has 0 aliphatic rings. The highest BCUT2D eigenvalue weighted by atomic mass is 32.1. The van der Waals surface area contributed by atoms with Crippen LogP contribution in [0, 0.1) is 13.8 Å². The molecular weight excluding hydrogens is 248 g/mol. The summed E-state index contributed by atoms with van der Waals surface area (Å²) in [4.78, 5) is 0.818. The van der Waals surface area contributed by atoms with Crippen LogP contribution in [-0.4, -0.2) is 21.8 Å². The Labute approximate surface area is 110 Å². The van der Waals surface area contributed by atoms with Crippen molar-refractivity contribution in [2.75, 3.05) is 7.11 Å². The summed E-state index contributed by atoms with van der Waals surface area (Å²) >= 11 is 1.24. The molecule has 4 nitrogen and oxygen atoms in total. The summed E-state index contributed by atoms with van der Waals surface area (Å²) in [6.45, 7) is 3.88. The summed E-state index contributed by atoms with van der Waals surface area (Å²) < 4.78 is 9.15. The molecule has 0 spiro atoms. The molecular formula is C13H16N2O2S. The van der Waals surface area contributed by atoms with Gasteiger partial charge in [-0.25, -0.2) is 0 Å². The second-order valence-electron chi connectivity index (χ2n) is 4.26. The van der Waals surface area contributed by atoms with E-state index in [-0.39, 0.29) is 0 Å². The van der Waals surface area contributed by atoms with E-state index in [1.165, 1.54) is 11.5 Å². The Bertz CT molecular complexity index is 540. The predicted molar refractivity (Wildman–Crippen MR) is 71.0 cm³/mol. The summed E-state index contributed by atoms with van der Waals surface area (Å²) in [6, 6.07) is 5.95. The Morgan fingerprint density at radius 3 is 2.78 bits per heavy atom. The van der Waals surface area contributed by atoms with E-state index in [1.54, 1.807) is 7.11 Å². The van der Waals surface area contributed by atoms with Gasteiger partial charge in [0.1, 0.15) is 5.75 Å². The van der Waals surface area contributed by atoms with Gasteiger partial charge in [0.15, 0.2) is 0 Å². The van der Waals surface area contributed by atoms with Crippen molar-refractivity contribution in [2.24, 2.45) is 0 Å². The minimum absolute atomic E-state index is 0.509. The molecule has 96 valence electrons. The van der Waals surface area contributed by atoms with Gasteiger partial charge in [-0.2, -0.15) is 0 Å². The molecule has 0 aliphatic carbocycles. The molecule has 0 saturated heterocycles. The quantitative estimate of drug-likeness (QED) is 0.921. The Hall–Kier alpha value is -1.46. The molecule has 1 aromatic carbocycles. The summed E-state index contributed by atoms with van der Waals surface area (Å²) in [5, 5.41) is 14.1. The summed E-state index contributed by atoms with van der Waals surface area (Å²) in [6.07, 6.45) is -0.0732. The number of hydrogen-bond donors (Lipinski definition) is 1.